The SMILES string of the molecule is CC(C)(C)c1ccc(-c2ccccc2N2c3cc4c(cc3B3c5sc6ccc(C(C)(C)C)cc6c5C(C)(C)c5nc(C(C)(C)C)cc2c53)C(C)(C)CCC4(C)C)cc1. The summed E-state index contributed by atoms with van der Waals surface area (Å²) >= 11 is 2.02. The number of pyridine rings is 1. The molecule has 0 radical (unpaired) electrons. The summed E-state index contributed by atoms with van der Waals surface area (Å²) in [5.41, 5.74) is 18.5. The predicted molar refractivity (Wildman–Crippen MR) is 254 cm³/mol. The predicted octanol–water partition coefficient (Wildman–Crippen LogP) is 13.1. The molecule has 0 bridgehead atoms. The van der Waals surface area contributed by atoms with E-state index in [1.54, 1.807) is 0 Å². The Morgan fingerprint density at radius 2 is 1.22 bits per heavy atom. The monoisotopic (exact) mass is 782 g/mol. The van der Waals surface area contributed by atoms with Gasteiger partial charge < -0.3 is 4.90 Å². The van der Waals surface area contributed by atoms with Gasteiger partial charge in [-0.2, -0.15) is 0 Å². The van der Waals surface area contributed by atoms with Crippen molar-refractivity contribution in [1.29, 1.82) is 0 Å². The van der Waals surface area contributed by atoms with Gasteiger partial charge in [0.25, 0.3) is 6.71 Å². The average Bonchev–Trinajstić information content (AvgIpc) is 3.53. The van der Waals surface area contributed by atoms with Crippen molar-refractivity contribution >= 4 is 60.9 Å². The van der Waals surface area contributed by atoms with E-state index in [9.17, 15) is 0 Å². The van der Waals surface area contributed by atoms with Crippen molar-refractivity contribution in [3.05, 3.63) is 124 Å². The van der Waals surface area contributed by atoms with Crippen LogP contribution in [0.1, 0.15) is 156 Å². The summed E-state index contributed by atoms with van der Waals surface area (Å²) in [5, 5.41) is 1.40. The molecule has 2 nitrogen and oxygen atoms in total. The number of thiophene rings is 1. The highest BCUT2D eigenvalue weighted by molar-refractivity contribution is 7.32. The van der Waals surface area contributed by atoms with Crippen LogP contribution in [0, 0.1) is 0 Å². The fourth-order valence-electron chi connectivity index (χ4n) is 10.3. The summed E-state index contributed by atoms with van der Waals surface area (Å²) in [6, 6.07) is 33.5. The summed E-state index contributed by atoms with van der Waals surface area (Å²) in [7, 11) is 0. The first-order valence-corrected chi connectivity index (χ1v) is 22.5. The Balaban J connectivity index is 1.42. The van der Waals surface area contributed by atoms with Gasteiger partial charge in [0.15, 0.2) is 0 Å². The molecule has 298 valence electrons. The van der Waals surface area contributed by atoms with Crippen LogP contribution < -0.4 is 20.6 Å². The van der Waals surface area contributed by atoms with Gasteiger partial charge in [0.05, 0.1) is 5.69 Å². The van der Waals surface area contributed by atoms with E-state index in [0.29, 0.717) is 0 Å². The number of anilines is 3. The third-order valence-corrected chi connectivity index (χ3v) is 15.4. The highest BCUT2D eigenvalue weighted by Crippen LogP contribution is 2.52. The Labute approximate surface area is 353 Å². The van der Waals surface area contributed by atoms with E-state index in [1.165, 1.54) is 100 Å². The molecule has 0 saturated heterocycles. The number of fused-ring (bicyclic) bond motifs is 7. The second-order valence-corrected chi connectivity index (χ2v) is 23.9. The van der Waals surface area contributed by atoms with Crippen molar-refractivity contribution in [2.75, 3.05) is 4.90 Å². The van der Waals surface area contributed by atoms with E-state index in [-0.39, 0.29) is 39.2 Å². The molecule has 0 N–H and O–H groups in total. The molecule has 4 aromatic carbocycles. The maximum atomic E-state index is 5.82. The molecule has 3 aliphatic rings. The smallest absolute Gasteiger partial charge is 0.261 e. The molecule has 0 amide bonds. The van der Waals surface area contributed by atoms with Crippen LogP contribution in [-0.2, 0) is 32.5 Å². The lowest BCUT2D eigenvalue weighted by atomic mass is 9.33. The minimum atomic E-state index is -0.313. The van der Waals surface area contributed by atoms with Crippen LogP contribution in [-0.4, -0.2) is 11.7 Å². The van der Waals surface area contributed by atoms with Gasteiger partial charge >= 0.3 is 0 Å². The third-order valence-electron chi connectivity index (χ3n) is 14.2. The average molecular weight is 783 g/mol. The van der Waals surface area contributed by atoms with Gasteiger partial charge in [-0.05, 0) is 119 Å². The summed E-state index contributed by atoms with van der Waals surface area (Å²) in [5.74, 6) is 0. The van der Waals surface area contributed by atoms with Gasteiger partial charge in [-0.25, -0.2) is 0 Å². The van der Waals surface area contributed by atoms with Gasteiger partial charge in [-0.1, -0.05) is 158 Å². The van der Waals surface area contributed by atoms with E-state index in [0.717, 1.165) is 5.69 Å². The van der Waals surface area contributed by atoms with Crippen LogP contribution in [0.5, 0.6) is 0 Å². The fraction of sp³-hybridized carbons (Fsp3) is 0.426. The first kappa shape index (κ1) is 39.3. The van der Waals surface area contributed by atoms with Crippen LogP contribution in [0.25, 0.3) is 21.2 Å². The van der Waals surface area contributed by atoms with Gasteiger partial charge in [-0.3, -0.25) is 4.98 Å². The lowest BCUT2D eigenvalue weighted by Gasteiger charge is -2.47. The highest BCUT2D eigenvalue weighted by Gasteiger charge is 2.51. The zero-order valence-corrected chi connectivity index (χ0v) is 38.7. The number of nitrogens with zero attached hydrogens (tertiary/aromatic N) is 2. The molecule has 0 fully saturated rings. The minimum Gasteiger partial charge on any atom is -0.311 e. The zero-order chi connectivity index (χ0) is 41.7. The number of aromatic nitrogens is 1. The minimum absolute atomic E-state index is 0.0559. The molecule has 9 rings (SSSR count). The van der Waals surface area contributed by atoms with Gasteiger partial charge in [0.2, 0.25) is 0 Å². The zero-order valence-electron chi connectivity index (χ0n) is 37.9. The van der Waals surface area contributed by atoms with Crippen LogP contribution in [0.4, 0.5) is 17.1 Å². The maximum Gasteiger partial charge on any atom is 0.261 e. The van der Waals surface area contributed by atoms with E-state index in [4.69, 9.17) is 4.98 Å². The van der Waals surface area contributed by atoms with Gasteiger partial charge in [-0.15, -0.1) is 11.3 Å². The van der Waals surface area contributed by atoms with E-state index in [1.807, 2.05) is 11.3 Å². The standard InChI is InChI=1S/C54H63BN2S/c1-49(2,3)33-22-20-32(21-23-33)35-18-16-17-19-40(35)57-41-30-38-37(52(10,11)26-27-53(38,12)13)29-39(41)55-46-42(57)31-44(51(7,8)9)56-47(46)54(14,15)45-36-28-34(50(4,5)6)24-25-43(36)58-48(45)55/h16-25,28-31H,26-27H2,1-15H3. The molecule has 4 heterocycles. The Morgan fingerprint density at radius 3 is 1.84 bits per heavy atom. The van der Waals surface area contributed by atoms with Crippen molar-refractivity contribution in [1.82, 2.24) is 4.98 Å². The molecular formula is C54H63BN2S. The third kappa shape index (κ3) is 5.89. The normalized spacial score (nSPS) is 17.8. The largest absolute Gasteiger partial charge is 0.311 e. The second kappa shape index (κ2) is 12.4. The van der Waals surface area contributed by atoms with Crippen molar-refractivity contribution < 1.29 is 0 Å². The number of hydrogen-bond donors (Lipinski definition) is 0. The molecule has 1 aliphatic carbocycles. The molecule has 58 heavy (non-hydrogen) atoms. The molecule has 6 aromatic rings. The lowest BCUT2D eigenvalue weighted by molar-refractivity contribution is 0.332. The van der Waals surface area contributed by atoms with E-state index < -0.39 is 0 Å². The molecule has 0 unspecified atom stereocenters. The van der Waals surface area contributed by atoms with Crippen molar-refractivity contribution in [3.63, 3.8) is 0 Å². The van der Waals surface area contributed by atoms with E-state index in [2.05, 4.69) is 194 Å². The van der Waals surface area contributed by atoms with Gasteiger partial charge in [0.1, 0.15) is 0 Å². The Morgan fingerprint density at radius 1 is 0.621 bits per heavy atom. The highest BCUT2D eigenvalue weighted by atomic mass is 32.1. The Bertz CT molecular complexity index is 2650. The van der Waals surface area contributed by atoms with Crippen molar-refractivity contribution in [2.24, 2.45) is 0 Å². The Hall–Kier alpha value is -4.15. The topological polar surface area (TPSA) is 16.1 Å². The fourth-order valence-corrected chi connectivity index (χ4v) is 11.8. The number of para-hydroxylation sites is 1. The van der Waals surface area contributed by atoms with Crippen molar-refractivity contribution in [2.45, 2.75) is 149 Å². The molecule has 0 atom stereocenters. The van der Waals surface area contributed by atoms with Crippen LogP contribution in [0.2, 0.25) is 0 Å². The molecular weight excluding hydrogens is 719 g/mol. The number of hydrogen-bond acceptors (Lipinski definition) is 3. The first-order valence-electron chi connectivity index (χ1n) is 21.7. The second-order valence-electron chi connectivity index (χ2n) is 22.8. The van der Waals surface area contributed by atoms with Crippen LogP contribution >= 0.6 is 11.3 Å². The van der Waals surface area contributed by atoms with Crippen LogP contribution in [0.15, 0.2) is 84.9 Å². The van der Waals surface area contributed by atoms with Crippen molar-refractivity contribution in [3.8, 4) is 11.1 Å². The molecule has 0 saturated carbocycles. The maximum absolute atomic E-state index is 5.82. The Kier molecular flexibility index (Phi) is 8.44. The molecule has 2 aliphatic heterocycles. The summed E-state index contributed by atoms with van der Waals surface area (Å²) in [6.45, 7) is 35.8. The van der Waals surface area contributed by atoms with Gasteiger partial charge in [0, 0.05) is 43.9 Å². The molecule has 2 aromatic heterocycles. The summed E-state index contributed by atoms with van der Waals surface area (Å²) in [4.78, 5) is 8.48. The lowest BCUT2D eigenvalue weighted by Crippen LogP contribution is -2.64. The number of rotatable bonds is 2. The molecule has 4 heteroatoms. The summed E-state index contributed by atoms with van der Waals surface area (Å²) < 4.78 is 2.87. The van der Waals surface area contributed by atoms with Crippen LogP contribution in [0.3, 0.4) is 0 Å². The quantitative estimate of drug-likeness (QED) is 0.162. The first-order chi connectivity index (χ1) is 26.9. The molecule has 0 spiro atoms. The van der Waals surface area contributed by atoms with E-state index >= 15 is 0 Å². The number of benzene rings is 4. The summed E-state index contributed by atoms with van der Waals surface area (Å²) in [6.07, 6.45) is 2.36.